The van der Waals surface area contributed by atoms with Gasteiger partial charge in [0, 0.05) is 19.5 Å². The van der Waals surface area contributed by atoms with Crippen molar-refractivity contribution in [2.24, 2.45) is 39.6 Å². The zero-order valence-corrected chi connectivity index (χ0v) is 41.3. The van der Waals surface area contributed by atoms with Crippen LogP contribution in [0.15, 0.2) is 29.3 Å². The highest BCUT2D eigenvalue weighted by atomic mass is 16.4. The van der Waals surface area contributed by atoms with Crippen molar-refractivity contribution in [3.8, 4) is 5.75 Å². The molecule has 25 nitrogen and oxygen atoms in total. The van der Waals surface area contributed by atoms with Crippen LogP contribution in [0, 0.1) is 5.92 Å². The average molecular weight is 1010 g/mol. The molecule has 1 aromatic rings. The van der Waals surface area contributed by atoms with Crippen LogP contribution in [-0.2, 0) is 44.8 Å². The first kappa shape index (κ1) is 61.0. The Balaban J connectivity index is 2.44. The van der Waals surface area contributed by atoms with Crippen LogP contribution < -0.4 is 60.6 Å². The number of hydrogen-bond donors (Lipinski definition) is 15. The number of nitrogens with zero attached hydrogens (tertiary/aromatic N) is 2. The lowest BCUT2D eigenvalue weighted by molar-refractivity contribution is -0.145. The van der Waals surface area contributed by atoms with Crippen molar-refractivity contribution in [1.82, 2.24) is 36.8 Å². The normalized spacial score (nSPS) is 17.2. The van der Waals surface area contributed by atoms with Crippen LogP contribution in [0.3, 0.4) is 0 Å². The number of unbranched alkanes of at least 4 members (excludes halogenated alkanes) is 2. The third-order valence-electron chi connectivity index (χ3n) is 11.7. The molecule has 1 saturated heterocycles. The lowest BCUT2D eigenvalue weighted by Gasteiger charge is -2.31. The summed E-state index contributed by atoms with van der Waals surface area (Å²) in [5.74, 6) is -7.47. The number of aliphatic imine (C=N–C) groups is 1. The molecule has 0 bridgehead atoms. The molecular weight excluding hydrogens is 927 g/mol. The van der Waals surface area contributed by atoms with Crippen molar-refractivity contribution < 1.29 is 58.8 Å². The Bertz CT molecular complexity index is 1930. The van der Waals surface area contributed by atoms with Crippen molar-refractivity contribution >= 4 is 53.3 Å². The Kier molecular flexibility index (Phi) is 26.8. The van der Waals surface area contributed by atoms with Gasteiger partial charge >= 0.3 is 5.97 Å². The van der Waals surface area contributed by atoms with E-state index in [0.29, 0.717) is 50.6 Å². The number of amides is 7. The van der Waals surface area contributed by atoms with Crippen LogP contribution >= 0.6 is 0 Å². The van der Waals surface area contributed by atoms with E-state index in [1.165, 1.54) is 43.0 Å². The van der Waals surface area contributed by atoms with Crippen molar-refractivity contribution in [2.45, 2.75) is 165 Å². The van der Waals surface area contributed by atoms with Gasteiger partial charge in [-0.05, 0) is 115 Å². The maximum absolute atomic E-state index is 14.6. The van der Waals surface area contributed by atoms with Crippen LogP contribution in [0.5, 0.6) is 5.75 Å². The standard InChI is InChI=1S/C46H79N13O12/c1-25(2)23-33(55-38(63)30(49)11-5-7-19-47)41(66)53-31(12-6-8-20-48)39(64)57-36(26(3)60)43(68)56-34(24-28-15-17-29(62)18-16-28)44(69)59-22-10-14-35(59)42(67)54-32(13-9-21-52-46(50)51)40(65)58-37(27(4)61)45(70)71/h15-18,25-27,30-37,60-62H,5-14,19-24,47-49H2,1-4H3,(H,53,66)(H,54,67)(H,55,63)(H,56,68)(H,57,64)(H,58,65)(H,70,71)(H4,50,51,52)/t26-,27-,30+,31+,32+,33+,34+,35+,36+,37+/m1/s1. The molecule has 1 fully saturated rings. The van der Waals surface area contributed by atoms with E-state index in [9.17, 15) is 58.8 Å². The molecule has 0 aliphatic carbocycles. The number of aliphatic hydroxyl groups excluding tert-OH is 2. The van der Waals surface area contributed by atoms with Crippen LogP contribution in [0.4, 0.5) is 0 Å². The molecule has 25 heteroatoms. The molecule has 400 valence electrons. The molecular formula is C46H79N13O12. The van der Waals surface area contributed by atoms with Gasteiger partial charge in [-0.25, -0.2) is 4.79 Å². The van der Waals surface area contributed by atoms with Crippen molar-refractivity contribution in [3.05, 3.63) is 29.8 Å². The number of hydrogen-bond acceptors (Lipinski definition) is 15. The summed E-state index contributed by atoms with van der Waals surface area (Å²) in [5.41, 5.74) is 28.7. The molecule has 1 aliphatic rings. The minimum absolute atomic E-state index is 0.0303. The topological polar surface area (TPSA) is 435 Å². The molecule has 0 unspecified atom stereocenters. The second kappa shape index (κ2) is 31.2. The van der Waals surface area contributed by atoms with Gasteiger partial charge in [0.1, 0.15) is 42.0 Å². The van der Waals surface area contributed by atoms with E-state index in [2.05, 4.69) is 36.9 Å². The summed E-state index contributed by atoms with van der Waals surface area (Å²) in [6, 6.07) is -4.93. The van der Waals surface area contributed by atoms with Gasteiger partial charge < -0.3 is 85.9 Å². The molecule has 7 amide bonds. The quantitative estimate of drug-likeness (QED) is 0.0188. The minimum atomic E-state index is -1.72. The molecule has 71 heavy (non-hydrogen) atoms. The van der Waals surface area contributed by atoms with E-state index in [4.69, 9.17) is 28.7 Å². The van der Waals surface area contributed by atoms with Crippen LogP contribution in [0.2, 0.25) is 0 Å². The van der Waals surface area contributed by atoms with E-state index in [1.807, 2.05) is 13.8 Å². The highest BCUT2D eigenvalue weighted by Crippen LogP contribution is 2.22. The monoisotopic (exact) mass is 1010 g/mol. The first-order valence-electron chi connectivity index (χ1n) is 24.2. The first-order valence-corrected chi connectivity index (χ1v) is 24.2. The van der Waals surface area contributed by atoms with Gasteiger partial charge in [0.25, 0.3) is 0 Å². The summed E-state index contributed by atoms with van der Waals surface area (Å²) in [5, 5.41) is 55.8. The number of carbonyl (C=O) groups is 8. The molecule has 2 rings (SSSR count). The number of phenols is 1. The van der Waals surface area contributed by atoms with Gasteiger partial charge in [-0.15, -0.1) is 0 Å². The summed E-state index contributed by atoms with van der Waals surface area (Å²) >= 11 is 0. The van der Waals surface area contributed by atoms with Gasteiger partial charge in [-0.1, -0.05) is 32.4 Å². The molecule has 20 N–H and O–H groups in total. The van der Waals surface area contributed by atoms with Gasteiger partial charge in [-0.2, -0.15) is 0 Å². The first-order chi connectivity index (χ1) is 33.5. The van der Waals surface area contributed by atoms with E-state index in [0.717, 1.165) is 0 Å². The number of aromatic hydroxyl groups is 1. The summed E-state index contributed by atoms with van der Waals surface area (Å²) in [6.45, 7) is 6.89. The fraction of sp³-hybridized carbons (Fsp3) is 0.674. The van der Waals surface area contributed by atoms with Crippen LogP contribution in [0.25, 0.3) is 0 Å². The van der Waals surface area contributed by atoms with E-state index in [1.54, 1.807) is 0 Å². The molecule has 1 heterocycles. The minimum Gasteiger partial charge on any atom is -0.508 e. The Morgan fingerprint density at radius 3 is 1.75 bits per heavy atom. The Morgan fingerprint density at radius 2 is 1.20 bits per heavy atom. The molecule has 1 aromatic carbocycles. The van der Waals surface area contributed by atoms with Gasteiger partial charge in [0.05, 0.1) is 18.2 Å². The number of guanidine groups is 1. The fourth-order valence-corrected chi connectivity index (χ4v) is 7.83. The smallest absolute Gasteiger partial charge is 0.328 e. The number of aliphatic carboxylic acids is 1. The SMILES string of the molecule is CC(C)C[C@H](NC(=O)[C@@H](N)CCCCN)C(=O)N[C@@H](CCCCN)C(=O)N[C@H](C(=O)N[C@@H](Cc1ccc(O)cc1)C(=O)N1CCC[C@H]1C(=O)N[C@@H](CCCN=C(N)N)C(=O)N[C@H](C(=O)O)[C@@H](C)O)[C@@H](C)O. The second-order valence-corrected chi connectivity index (χ2v) is 18.4. The number of carboxylic acids is 1. The summed E-state index contributed by atoms with van der Waals surface area (Å²) in [6.07, 6.45) is -0.0256. The van der Waals surface area contributed by atoms with Gasteiger partial charge in [0.2, 0.25) is 41.4 Å². The van der Waals surface area contributed by atoms with E-state index in [-0.39, 0.29) is 75.8 Å². The number of carboxylic acid groups (broad SMARTS) is 1. The fourth-order valence-electron chi connectivity index (χ4n) is 7.83. The van der Waals surface area contributed by atoms with Gasteiger partial charge in [0.15, 0.2) is 12.0 Å². The molecule has 10 atom stereocenters. The van der Waals surface area contributed by atoms with Gasteiger partial charge in [-0.3, -0.25) is 38.6 Å². The lowest BCUT2D eigenvalue weighted by Crippen LogP contribution is -2.62. The number of benzene rings is 1. The van der Waals surface area contributed by atoms with Crippen LogP contribution in [-0.4, -0.2) is 165 Å². The van der Waals surface area contributed by atoms with Crippen LogP contribution in [0.1, 0.15) is 104 Å². The maximum atomic E-state index is 14.6. The Hall–Kier alpha value is -6.15. The second-order valence-electron chi connectivity index (χ2n) is 18.4. The zero-order valence-electron chi connectivity index (χ0n) is 41.3. The largest absolute Gasteiger partial charge is 0.508 e. The third kappa shape index (κ3) is 21.4. The Labute approximate surface area is 414 Å². The maximum Gasteiger partial charge on any atom is 0.328 e. The molecule has 0 spiro atoms. The Morgan fingerprint density at radius 1 is 0.676 bits per heavy atom. The third-order valence-corrected chi connectivity index (χ3v) is 11.7. The summed E-state index contributed by atoms with van der Waals surface area (Å²) < 4.78 is 0. The van der Waals surface area contributed by atoms with Crippen molar-refractivity contribution in [3.63, 3.8) is 0 Å². The lowest BCUT2D eigenvalue weighted by atomic mass is 10.0. The number of nitrogens with one attached hydrogen (secondary N) is 6. The van der Waals surface area contributed by atoms with E-state index >= 15 is 0 Å². The number of nitrogens with two attached hydrogens (primary N) is 5. The highest BCUT2D eigenvalue weighted by molar-refractivity contribution is 5.98. The number of aliphatic hydroxyl groups is 2. The number of likely N-dealkylation sites (tertiary alicyclic amines) is 1. The van der Waals surface area contributed by atoms with Crippen molar-refractivity contribution in [1.29, 1.82) is 0 Å². The number of carbonyl (C=O) groups excluding carboxylic acids is 7. The number of rotatable bonds is 32. The molecule has 0 aromatic heterocycles. The zero-order chi connectivity index (χ0) is 53.4. The van der Waals surface area contributed by atoms with E-state index < -0.39 is 108 Å². The highest BCUT2D eigenvalue weighted by Gasteiger charge is 2.41. The summed E-state index contributed by atoms with van der Waals surface area (Å²) in [4.78, 5) is 114. The molecule has 1 aliphatic heterocycles. The number of phenolic OH excluding ortho intramolecular Hbond substituents is 1. The predicted molar refractivity (Wildman–Crippen MR) is 262 cm³/mol. The average Bonchev–Trinajstić information content (AvgIpc) is 3.80. The summed E-state index contributed by atoms with van der Waals surface area (Å²) in [7, 11) is 0. The molecule has 0 saturated carbocycles. The predicted octanol–water partition coefficient (Wildman–Crippen LogP) is -3.63. The molecule has 0 radical (unpaired) electrons. The van der Waals surface area contributed by atoms with Crippen molar-refractivity contribution in [2.75, 3.05) is 26.2 Å².